The van der Waals surface area contributed by atoms with Crippen molar-refractivity contribution in [1.29, 1.82) is 0 Å². The van der Waals surface area contributed by atoms with Crippen molar-refractivity contribution in [2.45, 2.75) is 31.9 Å². The van der Waals surface area contributed by atoms with Gasteiger partial charge in [0.2, 0.25) is 0 Å². The van der Waals surface area contributed by atoms with E-state index in [2.05, 4.69) is 15.6 Å². The third kappa shape index (κ3) is 5.78. The van der Waals surface area contributed by atoms with E-state index in [9.17, 15) is 9.90 Å². The highest BCUT2D eigenvalue weighted by molar-refractivity contribution is 6.31. The molecule has 0 bridgehead atoms. The minimum Gasteiger partial charge on any atom is -0.453 e. The number of amides is 1. The number of hydrogen-bond acceptors (Lipinski definition) is 4. The number of piperidine rings is 1. The molecule has 0 spiro atoms. The number of nitrogens with one attached hydrogen (secondary N) is 2. The molecule has 1 aliphatic heterocycles. The molecule has 2 rings (SSSR count). The van der Waals surface area contributed by atoms with Crippen LogP contribution in [0.1, 0.15) is 31.4 Å². The maximum absolute atomic E-state index is 11.5. The van der Waals surface area contributed by atoms with E-state index in [1.165, 1.54) is 7.11 Å². The highest BCUT2D eigenvalue weighted by atomic mass is 35.5. The summed E-state index contributed by atoms with van der Waals surface area (Å²) < 4.78 is 4.75. The molecule has 8 heteroatoms. The molecule has 0 aliphatic carbocycles. The van der Waals surface area contributed by atoms with Crippen molar-refractivity contribution in [2.75, 3.05) is 33.3 Å². The number of aliphatic hydroxyl groups excluding tert-OH is 1. The molecule has 1 fully saturated rings. The van der Waals surface area contributed by atoms with E-state index in [4.69, 9.17) is 16.3 Å². The number of methoxy groups -OCH3 is 1. The number of benzene rings is 1. The Balaban J connectivity index is 1.91. The van der Waals surface area contributed by atoms with Crippen LogP contribution in [0, 0.1) is 0 Å². The first-order chi connectivity index (χ1) is 12.5. The van der Waals surface area contributed by atoms with Gasteiger partial charge in [-0.1, -0.05) is 29.8 Å². The molecule has 26 heavy (non-hydrogen) atoms. The first-order valence-corrected chi connectivity index (χ1v) is 9.23. The summed E-state index contributed by atoms with van der Waals surface area (Å²) in [6.07, 6.45) is 0.575. The summed E-state index contributed by atoms with van der Waals surface area (Å²) in [5.41, 5.74) is 0.667. The maximum atomic E-state index is 11.5. The van der Waals surface area contributed by atoms with Crippen molar-refractivity contribution in [1.82, 2.24) is 15.5 Å². The lowest BCUT2D eigenvalue weighted by Gasteiger charge is -2.32. The fraction of sp³-hybridized carbons (Fsp3) is 0.556. The number of hydrogen-bond donors (Lipinski definition) is 3. The molecule has 1 amide bonds. The van der Waals surface area contributed by atoms with Crippen molar-refractivity contribution >= 4 is 23.7 Å². The van der Waals surface area contributed by atoms with Crippen molar-refractivity contribution in [3.05, 3.63) is 34.9 Å². The van der Waals surface area contributed by atoms with Crippen LogP contribution in [-0.4, -0.2) is 61.4 Å². The number of aliphatic imine (C=N–C) groups is 1. The maximum Gasteiger partial charge on any atom is 0.409 e. The fourth-order valence-electron chi connectivity index (χ4n) is 2.87. The third-order valence-electron chi connectivity index (χ3n) is 4.30. The molecule has 1 aliphatic rings. The molecule has 144 valence electrons. The SMILES string of the molecule is CCNC(=NCC(O)c1ccccc1Cl)NC1CCN(C(=O)OC)CC1. The number of carbonyl (C=O) groups excluding carboxylic acids is 1. The molecular formula is C18H27ClN4O3. The number of halogens is 1. The second-order valence-electron chi connectivity index (χ2n) is 6.13. The average molecular weight is 383 g/mol. The van der Waals surface area contributed by atoms with Gasteiger partial charge in [0.25, 0.3) is 0 Å². The van der Waals surface area contributed by atoms with Crippen LogP contribution in [-0.2, 0) is 4.74 Å². The van der Waals surface area contributed by atoms with Crippen LogP contribution in [0.3, 0.4) is 0 Å². The highest BCUT2D eigenvalue weighted by Gasteiger charge is 2.23. The molecule has 1 aromatic rings. The Morgan fingerprint density at radius 3 is 2.73 bits per heavy atom. The van der Waals surface area contributed by atoms with Crippen LogP contribution in [0.25, 0.3) is 0 Å². The van der Waals surface area contributed by atoms with Crippen LogP contribution in [0.5, 0.6) is 0 Å². The normalized spacial score (nSPS) is 16.9. The van der Waals surface area contributed by atoms with E-state index in [0.717, 1.165) is 19.4 Å². The Morgan fingerprint density at radius 1 is 1.42 bits per heavy atom. The predicted molar refractivity (Wildman–Crippen MR) is 103 cm³/mol. The standard InChI is InChI=1S/C18H27ClN4O3/c1-3-20-17(21-12-16(24)14-6-4-5-7-15(14)19)22-13-8-10-23(11-9-13)18(25)26-2/h4-7,13,16,24H,3,8-12H2,1-2H3,(H2,20,21,22). The first kappa shape index (κ1) is 20.3. The molecule has 1 atom stereocenters. The number of nitrogens with zero attached hydrogens (tertiary/aromatic N) is 2. The zero-order chi connectivity index (χ0) is 18.9. The Kier molecular flexibility index (Phi) is 8.00. The average Bonchev–Trinajstić information content (AvgIpc) is 2.66. The monoisotopic (exact) mass is 382 g/mol. The van der Waals surface area contributed by atoms with Gasteiger partial charge in [0.15, 0.2) is 5.96 Å². The number of rotatable bonds is 5. The molecule has 1 saturated heterocycles. The molecule has 0 aromatic heterocycles. The van der Waals surface area contributed by atoms with Gasteiger partial charge in [-0.15, -0.1) is 0 Å². The summed E-state index contributed by atoms with van der Waals surface area (Å²) in [6.45, 7) is 4.20. The summed E-state index contributed by atoms with van der Waals surface area (Å²) in [4.78, 5) is 17.7. The molecule has 3 N–H and O–H groups in total. The van der Waals surface area contributed by atoms with Crippen molar-refractivity contribution in [3.8, 4) is 0 Å². The Morgan fingerprint density at radius 2 is 2.12 bits per heavy atom. The lowest BCUT2D eigenvalue weighted by Crippen LogP contribution is -2.49. The predicted octanol–water partition coefficient (Wildman–Crippen LogP) is 2.16. The zero-order valence-electron chi connectivity index (χ0n) is 15.2. The van der Waals surface area contributed by atoms with Gasteiger partial charge in [0, 0.05) is 36.3 Å². The molecular weight excluding hydrogens is 356 g/mol. The number of aliphatic hydroxyl groups is 1. The first-order valence-electron chi connectivity index (χ1n) is 8.85. The van der Waals surface area contributed by atoms with Gasteiger partial charge in [-0.25, -0.2) is 4.79 Å². The zero-order valence-corrected chi connectivity index (χ0v) is 16.0. The van der Waals surface area contributed by atoms with Crippen LogP contribution >= 0.6 is 11.6 Å². The lowest BCUT2D eigenvalue weighted by molar-refractivity contribution is 0.111. The number of guanidine groups is 1. The van der Waals surface area contributed by atoms with Crippen molar-refractivity contribution in [2.24, 2.45) is 4.99 Å². The van der Waals surface area contributed by atoms with E-state index < -0.39 is 6.10 Å². The second kappa shape index (κ2) is 10.2. The highest BCUT2D eigenvalue weighted by Crippen LogP contribution is 2.22. The van der Waals surface area contributed by atoms with Gasteiger partial charge in [0.05, 0.1) is 13.7 Å². The van der Waals surface area contributed by atoms with Crippen LogP contribution in [0.2, 0.25) is 5.02 Å². The van der Waals surface area contributed by atoms with Gasteiger partial charge >= 0.3 is 6.09 Å². The largest absolute Gasteiger partial charge is 0.453 e. The summed E-state index contributed by atoms with van der Waals surface area (Å²) in [7, 11) is 1.40. The molecule has 0 saturated carbocycles. The number of carbonyl (C=O) groups is 1. The van der Waals surface area contributed by atoms with E-state index in [1.54, 1.807) is 17.0 Å². The third-order valence-corrected chi connectivity index (χ3v) is 4.64. The molecule has 1 heterocycles. The van der Waals surface area contributed by atoms with Gasteiger partial charge in [-0.3, -0.25) is 4.99 Å². The smallest absolute Gasteiger partial charge is 0.409 e. The van der Waals surface area contributed by atoms with E-state index in [0.29, 0.717) is 29.6 Å². The number of ether oxygens (including phenoxy) is 1. The van der Waals surface area contributed by atoms with Gasteiger partial charge in [-0.05, 0) is 25.8 Å². The van der Waals surface area contributed by atoms with Gasteiger partial charge in [-0.2, -0.15) is 0 Å². The van der Waals surface area contributed by atoms with Gasteiger partial charge < -0.3 is 25.4 Å². The Hall–Kier alpha value is -1.99. The summed E-state index contributed by atoms with van der Waals surface area (Å²) in [5, 5.41) is 17.4. The summed E-state index contributed by atoms with van der Waals surface area (Å²) in [6, 6.07) is 7.43. The summed E-state index contributed by atoms with van der Waals surface area (Å²) in [5.74, 6) is 0.648. The molecule has 0 radical (unpaired) electrons. The molecule has 7 nitrogen and oxygen atoms in total. The van der Waals surface area contributed by atoms with E-state index >= 15 is 0 Å². The lowest BCUT2D eigenvalue weighted by atomic mass is 10.1. The van der Waals surface area contributed by atoms with Crippen LogP contribution in [0.15, 0.2) is 29.3 Å². The second-order valence-corrected chi connectivity index (χ2v) is 6.54. The van der Waals surface area contributed by atoms with Crippen molar-refractivity contribution < 1.29 is 14.6 Å². The van der Waals surface area contributed by atoms with E-state index in [1.807, 2.05) is 19.1 Å². The Bertz CT molecular complexity index is 618. The molecule has 1 unspecified atom stereocenters. The minimum atomic E-state index is -0.764. The van der Waals surface area contributed by atoms with Crippen LogP contribution < -0.4 is 10.6 Å². The molecule has 1 aromatic carbocycles. The Labute approximate surface area is 159 Å². The minimum absolute atomic E-state index is 0.208. The van der Waals surface area contributed by atoms with Crippen molar-refractivity contribution in [3.63, 3.8) is 0 Å². The number of likely N-dealkylation sites (tertiary alicyclic amines) is 1. The van der Waals surface area contributed by atoms with Crippen LogP contribution in [0.4, 0.5) is 4.79 Å². The fourth-order valence-corrected chi connectivity index (χ4v) is 3.13. The summed E-state index contributed by atoms with van der Waals surface area (Å²) >= 11 is 6.12. The quantitative estimate of drug-likeness (QED) is 0.536. The van der Waals surface area contributed by atoms with Gasteiger partial charge in [0.1, 0.15) is 6.10 Å². The topological polar surface area (TPSA) is 86.2 Å². The van der Waals surface area contributed by atoms with E-state index in [-0.39, 0.29) is 18.7 Å².